The van der Waals surface area contributed by atoms with Crippen molar-refractivity contribution in [3.63, 3.8) is 0 Å². The van der Waals surface area contributed by atoms with Gasteiger partial charge in [-0.3, -0.25) is 9.48 Å². The summed E-state index contributed by atoms with van der Waals surface area (Å²) in [6, 6.07) is 3.78. The summed E-state index contributed by atoms with van der Waals surface area (Å²) in [5.41, 5.74) is -0.543. The van der Waals surface area contributed by atoms with Crippen molar-refractivity contribution < 1.29 is 22.4 Å². The molecule has 2 aromatic heterocycles. The molecule has 3 rings (SSSR count). The summed E-state index contributed by atoms with van der Waals surface area (Å²) >= 11 is 0. The molecule has 1 fully saturated rings. The first kappa shape index (κ1) is 16.6. The van der Waals surface area contributed by atoms with Gasteiger partial charge in [0.15, 0.2) is 11.5 Å². The summed E-state index contributed by atoms with van der Waals surface area (Å²) in [6.45, 7) is 0.483. The average Bonchev–Trinajstić information content (AvgIpc) is 3.11. The van der Waals surface area contributed by atoms with Crippen LogP contribution in [0.2, 0.25) is 0 Å². The van der Waals surface area contributed by atoms with E-state index in [0.29, 0.717) is 18.7 Å². The number of alkyl halides is 3. The van der Waals surface area contributed by atoms with E-state index in [2.05, 4.69) is 5.10 Å². The number of hydrogen-bond donors (Lipinski definition) is 0. The second-order valence-corrected chi connectivity index (χ2v) is 5.92. The van der Waals surface area contributed by atoms with Crippen LogP contribution in [0.4, 0.5) is 13.2 Å². The number of nitrogens with zero attached hydrogens (tertiary/aromatic N) is 3. The van der Waals surface area contributed by atoms with E-state index in [1.807, 2.05) is 0 Å². The molecule has 5 nitrogen and oxygen atoms in total. The van der Waals surface area contributed by atoms with E-state index in [1.165, 1.54) is 18.0 Å². The molecule has 1 aliphatic rings. The van der Waals surface area contributed by atoms with E-state index >= 15 is 0 Å². The fourth-order valence-electron chi connectivity index (χ4n) is 3.13. The van der Waals surface area contributed by atoms with Crippen LogP contribution in [0.3, 0.4) is 0 Å². The number of rotatable bonds is 2. The lowest BCUT2D eigenvalue weighted by Crippen LogP contribution is -2.35. The van der Waals surface area contributed by atoms with E-state index < -0.39 is 17.9 Å². The Bertz CT molecular complexity index is 707. The maximum Gasteiger partial charge on any atom is 0.435 e. The molecule has 24 heavy (non-hydrogen) atoms. The van der Waals surface area contributed by atoms with Gasteiger partial charge in [0.25, 0.3) is 5.91 Å². The van der Waals surface area contributed by atoms with Gasteiger partial charge in [0.2, 0.25) is 0 Å². The van der Waals surface area contributed by atoms with Crippen LogP contribution >= 0.6 is 0 Å². The van der Waals surface area contributed by atoms with Gasteiger partial charge in [-0.2, -0.15) is 18.3 Å². The monoisotopic (exact) mass is 341 g/mol. The van der Waals surface area contributed by atoms with Crippen LogP contribution < -0.4 is 0 Å². The summed E-state index contributed by atoms with van der Waals surface area (Å²) < 4.78 is 45.2. The van der Waals surface area contributed by atoms with Crippen LogP contribution in [-0.2, 0) is 13.2 Å². The third-order valence-corrected chi connectivity index (χ3v) is 4.29. The van der Waals surface area contributed by atoms with E-state index in [0.717, 1.165) is 25.3 Å². The van der Waals surface area contributed by atoms with Gasteiger partial charge in [-0.1, -0.05) is 12.8 Å². The van der Waals surface area contributed by atoms with Gasteiger partial charge in [0.1, 0.15) is 0 Å². The fourth-order valence-corrected chi connectivity index (χ4v) is 3.13. The first-order valence-corrected chi connectivity index (χ1v) is 7.83. The highest BCUT2D eigenvalue weighted by Crippen LogP contribution is 2.35. The van der Waals surface area contributed by atoms with Gasteiger partial charge in [-0.25, -0.2) is 0 Å². The first-order chi connectivity index (χ1) is 11.4. The molecular weight excluding hydrogens is 323 g/mol. The standard InChI is InChI=1S/C16H18F3N3O2/c1-21-12(10-14(20-21)16(17,18)19)11-6-3-2-4-8-22(11)15(23)13-7-5-9-24-13/h5,7,9-11H,2-4,6,8H2,1H3/t11-/m1/s1. The molecule has 0 N–H and O–H groups in total. The lowest BCUT2D eigenvalue weighted by atomic mass is 10.1. The summed E-state index contributed by atoms with van der Waals surface area (Å²) in [5.74, 6) is -0.109. The summed E-state index contributed by atoms with van der Waals surface area (Å²) in [4.78, 5) is 14.3. The Labute approximate surface area is 137 Å². The number of aryl methyl sites for hydroxylation is 1. The Hall–Kier alpha value is -2.25. The molecule has 0 aromatic carbocycles. The maximum atomic E-state index is 12.9. The number of furan rings is 1. The van der Waals surface area contributed by atoms with Crippen LogP contribution in [0.25, 0.3) is 0 Å². The number of halogens is 3. The zero-order valence-corrected chi connectivity index (χ0v) is 13.2. The van der Waals surface area contributed by atoms with Crippen molar-refractivity contribution in [3.05, 3.63) is 41.6 Å². The third-order valence-electron chi connectivity index (χ3n) is 4.29. The Morgan fingerprint density at radius 2 is 2.12 bits per heavy atom. The molecule has 130 valence electrons. The van der Waals surface area contributed by atoms with Crippen LogP contribution in [-0.4, -0.2) is 27.1 Å². The minimum atomic E-state index is -4.50. The fraction of sp³-hybridized carbons (Fsp3) is 0.500. The quantitative estimate of drug-likeness (QED) is 0.835. The molecule has 2 aromatic rings. The molecule has 0 spiro atoms. The number of carbonyl (C=O) groups is 1. The van der Waals surface area contributed by atoms with E-state index in [1.54, 1.807) is 17.0 Å². The SMILES string of the molecule is Cn1nc(C(F)(F)F)cc1[C@H]1CCCCCN1C(=O)c1ccco1. The molecule has 0 radical (unpaired) electrons. The Balaban J connectivity index is 1.96. The predicted octanol–water partition coefficient (Wildman–Crippen LogP) is 3.79. The molecule has 0 unspecified atom stereocenters. The van der Waals surface area contributed by atoms with Gasteiger partial charge < -0.3 is 9.32 Å². The summed E-state index contributed by atoms with van der Waals surface area (Å²) in [5, 5.41) is 3.57. The van der Waals surface area contributed by atoms with Crippen LogP contribution in [0.15, 0.2) is 28.9 Å². The zero-order valence-electron chi connectivity index (χ0n) is 13.2. The number of hydrogen-bond acceptors (Lipinski definition) is 3. The highest BCUT2D eigenvalue weighted by molar-refractivity contribution is 5.91. The first-order valence-electron chi connectivity index (χ1n) is 7.83. The van der Waals surface area contributed by atoms with Crippen LogP contribution in [0, 0.1) is 0 Å². The smallest absolute Gasteiger partial charge is 0.435 e. The average molecular weight is 341 g/mol. The van der Waals surface area contributed by atoms with Crippen molar-refractivity contribution in [2.75, 3.05) is 6.54 Å². The molecule has 8 heteroatoms. The van der Waals surface area contributed by atoms with Crippen LogP contribution in [0.1, 0.15) is 53.7 Å². The van der Waals surface area contributed by atoms with Gasteiger partial charge in [0, 0.05) is 13.6 Å². The molecule has 0 saturated carbocycles. The Kier molecular flexibility index (Phi) is 4.38. The normalized spacial score (nSPS) is 19.3. The largest absolute Gasteiger partial charge is 0.459 e. The van der Waals surface area contributed by atoms with Crippen molar-refractivity contribution in [2.24, 2.45) is 7.05 Å². The molecule has 1 amide bonds. The van der Waals surface area contributed by atoms with Crippen molar-refractivity contribution in [3.8, 4) is 0 Å². The number of aromatic nitrogens is 2. The summed E-state index contributed by atoms with van der Waals surface area (Å²) in [7, 11) is 1.48. The molecule has 0 aliphatic carbocycles. The van der Waals surface area contributed by atoms with Gasteiger partial charge >= 0.3 is 6.18 Å². The third kappa shape index (κ3) is 3.18. The van der Waals surface area contributed by atoms with Crippen molar-refractivity contribution >= 4 is 5.91 Å². The minimum absolute atomic E-state index is 0.195. The second-order valence-electron chi connectivity index (χ2n) is 5.92. The maximum absolute atomic E-state index is 12.9. The lowest BCUT2D eigenvalue weighted by molar-refractivity contribution is -0.141. The lowest BCUT2D eigenvalue weighted by Gasteiger charge is -2.29. The highest BCUT2D eigenvalue weighted by atomic mass is 19.4. The molecule has 3 heterocycles. The molecule has 1 saturated heterocycles. The second kappa shape index (κ2) is 6.33. The molecular formula is C16H18F3N3O2. The van der Waals surface area contributed by atoms with E-state index in [9.17, 15) is 18.0 Å². The van der Waals surface area contributed by atoms with E-state index in [-0.39, 0.29) is 11.7 Å². The number of likely N-dealkylation sites (tertiary alicyclic amines) is 1. The predicted molar refractivity (Wildman–Crippen MR) is 79.2 cm³/mol. The van der Waals surface area contributed by atoms with Gasteiger partial charge in [0.05, 0.1) is 18.0 Å². The van der Waals surface area contributed by atoms with Crippen molar-refractivity contribution in [1.29, 1.82) is 0 Å². The number of amides is 1. The Morgan fingerprint density at radius 3 is 2.75 bits per heavy atom. The van der Waals surface area contributed by atoms with Gasteiger partial charge in [-0.15, -0.1) is 0 Å². The molecule has 1 atom stereocenters. The van der Waals surface area contributed by atoms with E-state index in [4.69, 9.17) is 4.42 Å². The topological polar surface area (TPSA) is 51.3 Å². The summed E-state index contributed by atoms with van der Waals surface area (Å²) in [6.07, 6.45) is 0.0975. The van der Waals surface area contributed by atoms with Gasteiger partial charge in [-0.05, 0) is 31.0 Å². The minimum Gasteiger partial charge on any atom is -0.459 e. The number of carbonyl (C=O) groups excluding carboxylic acids is 1. The molecule has 1 aliphatic heterocycles. The highest BCUT2D eigenvalue weighted by Gasteiger charge is 2.37. The van der Waals surface area contributed by atoms with Crippen molar-refractivity contribution in [2.45, 2.75) is 37.9 Å². The Morgan fingerprint density at radius 1 is 1.33 bits per heavy atom. The molecule has 0 bridgehead atoms. The van der Waals surface area contributed by atoms with Crippen molar-refractivity contribution in [1.82, 2.24) is 14.7 Å². The van der Waals surface area contributed by atoms with Crippen LogP contribution in [0.5, 0.6) is 0 Å². The zero-order chi connectivity index (χ0) is 17.3.